The summed E-state index contributed by atoms with van der Waals surface area (Å²) in [6, 6.07) is 7.14. The average Bonchev–Trinajstić information content (AvgIpc) is 2.25. The van der Waals surface area contributed by atoms with Crippen LogP contribution in [0.2, 0.25) is 5.02 Å². The number of amides is 1. The van der Waals surface area contributed by atoms with E-state index in [1.54, 1.807) is 6.07 Å². The van der Waals surface area contributed by atoms with E-state index >= 15 is 0 Å². The molecule has 0 spiro atoms. The molecular formula is C13H16ClNO3. The predicted octanol–water partition coefficient (Wildman–Crippen LogP) is 2.25. The minimum Gasteiger partial charge on any atom is -0.481 e. The summed E-state index contributed by atoms with van der Waals surface area (Å²) in [7, 11) is 0. The molecule has 1 aromatic rings. The number of aliphatic carboxylic acids is 1. The fourth-order valence-corrected chi connectivity index (χ4v) is 1.97. The number of hydrogen-bond acceptors (Lipinski definition) is 2. The molecular weight excluding hydrogens is 254 g/mol. The van der Waals surface area contributed by atoms with Crippen LogP contribution in [0.3, 0.4) is 0 Å². The van der Waals surface area contributed by atoms with Crippen molar-refractivity contribution in [3.05, 3.63) is 34.9 Å². The highest BCUT2D eigenvalue weighted by atomic mass is 35.5. The van der Waals surface area contributed by atoms with Crippen molar-refractivity contribution in [2.45, 2.75) is 32.2 Å². The molecule has 98 valence electrons. The molecule has 0 fully saturated rings. The standard InChI is InChI=1S/C13H16ClNO3/c1-9(16)15-12(5-6-13(17)18)8-10-3-2-4-11(14)7-10/h2-4,7,12H,5-6,8H2,1H3,(H,15,16)(H,17,18). The second kappa shape index (κ2) is 7.01. The molecule has 0 aromatic heterocycles. The van der Waals surface area contributed by atoms with E-state index < -0.39 is 5.97 Å². The number of rotatable bonds is 6. The minimum atomic E-state index is -0.864. The number of halogens is 1. The van der Waals surface area contributed by atoms with Gasteiger partial charge < -0.3 is 10.4 Å². The van der Waals surface area contributed by atoms with E-state index in [9.17, 15) is 9.59 Å². The van der Waals surface area contributed by atoms with Gasteiger partial charge in [-0.15, -0.1) is 0 Å². The number of carboxylic acid groups (broad SMARTS) is 1. The van der Waals surface area contributed by atoms with Gasteiger partial charge in [0.2, 0.25) is 5.91 Å². The Morgan fingerprint density at radius 2 is 2.17 bits per heavy atom. The summed E-state index contributed by atoms with van der Waals surface area (Å²) in [4.78, 5) is 21.6. The third-order valence-electron chi connectivity index (χ3n) is 2.49. The highest BCUT2D eigenvalue weighted by molar-refractivity contribution is 6.30. The Labute approximate surface area is 111 Å². The van der Waals surface area contributed by atoms with Crippen LogP contribution in [0.4, 0.5) is 0 Å². The smallest absolute Gasteiger partial charge is 0.303 e. The number of carboxylic acids is 1. The number of carbonyl (C=O) groups is 2. The van der Waals surface area contributed by atoms with Crippen LogP contribution in [0, 0.1) is 0 Å². The Morgan fingerprint density at radius 1 is 1.44 bits per heavy atom. The van der Waals surface area contributed by atoms with Crippen molar-refractivity contribution in [3.8, 4) is 0 Å². The van der Waals surface area contributed by atoms with Gasteiger partial charge in [-0.3, -0.25) is 9.59 Å². The van der Waals surface area contributed by atoms with Crippen molar-refractivity contribution < 1.29 is 14.7 Å². The molecule has 1 unspecified atom stereocenters. The zero-order valence-corrected chi connectivity index (χ0v) is 10.9. The zero-order valence-electron chi connectivity index (χ0n) is 10.1. The molecule has 0 aliphatic rings. The lowest BCUT2D eigenvalue weighted by atomic mass is 10.0. The normalized spacial score (nSPS) is 11.9. The summed E-state index contributed by atoms with van der Waals surface area (Å²) < 4.78 is 0. The van der Waals surface area contributed by atoms with E-state index in [1.807, 2.05) is 18.2 Å². The van der Waals surface area contributed by atoms with Crippen LogP contribution in [0.5, 0.6) is 0 Å². The summed E-state index contributed by atoms with van der Waals surface area (Å²) in [5.41, 5.74) is 0.978. The molecule has 1 rings (SSSR count). The van der Waals surface area contributed by atoms with Gasteiger partial charge in [0.15, 0.2) is 0 Å². The van der Waals surface area contributed by atoms with Gasteiger partial charge in [-0.1, -0.05) is 23.7 Å². The van der Waals surface area contributed by atoms with Crippen LogP contribution in [0.1, 0.15) is 25.3 Å². The van der Waals surface area contributed by atoms with Crippen LogP contribution >= 0.6 is 11.6 Å². The molecule has 2 N–H and O–H groups in total. The van der Waals surface area contributed by atoms with Crippen molar-refractivity contribution in [3.63, 3.8) is 0 Å². The first-order valence-electron chi connectivity index (χ1n) is 5.70. The summed E-state index contributed by atoms with van der Waals surface area (Å²) in [6.07, 6.45) is 1.01. The lowest BCUT2D eigenvalue weighted by Gasteiger charge is -2.17. The molecule has 0 radical (unpaired) electrons. The molecule has 0 saturated carbocycles. The molecule has 0 bridgehead atoms. The van der Waals surface area contributed by atoms with E-state index in [0.29, 0.717) is 17.9 Å². The zero-order chi connectivity index (χ0) is 13.5. The lowest BCUT2D eigenvalue weighted by molar-refractivity contribution is -0.137. The molecule has 18 heavy (non-hydrogen) atoms. The van der Waals surface area contributed by atoms with E-state index in [-0.39, 0.29) is 18.4 Å². The number of carbonyl (C=O) groups excluding carboxylic acids is 1. The van der Waals surface area contributed by atoms with Gasteiger partial charge in [0.1, 0.15) is 0 Å². The quantitative estimate of drug-likeness (QED) is 0.832. The van der Waals surface area contributed by atoms with E-state index in [2.05, 4.69) is 5.32 Å². The third-order valence-corrected chi connectivity index (χ3v) is 2.72. The van der Waals surface area contributed by atoms with Gasteiger partial charge in [0.25, 0.3) is 0 Å². The number of hydrogen-bond donors (Lipinski definition) is 2. The number of nitrogens with one attached hydrogen (secondary N) is 1. The lowest BCUT2D eigenvalue weighted by Crippen LogP contribution is -2.35. The second-order valence-electron chi connectivity index (χ2n) is 4.16. The molecule has 1 atom stereocenters. The topological polar surface area (TPSA) is 66.4 Å². The molecule has 5 heteroatoms. The van der Waals surface area contributed by atoms with Crippen LogP contribution in [0.25, 0.3) is 0 Å². The van der Waals surface area contributed by atoms with Crippen LogP contribution in [0.15, 0.2) is 24.3 Å². The van der Waals surface area contributed by atoms with Gasteiger partial charge in [-0.25, -0.2) is 0 Å². The Morgan fingerprint density at radius 3 is 2.72 bits per heavy atom. The highest BCUT2D eigenvalue weighted by Gasteiger charge is 2.13. The van der Waals surface area contributed by atoms with Gasteiger partial charge in [0, 0.05) is 24.4 Å². The fraction of sp³-hybridized carbons (Fsp3) is 0.385. The van der Waals surface area contributed by atoms with Gasteiger partial charge >= 0.3 is 5.97 Å². The summed E-state index contributed by atoms with van der Waals surface area (Å²) in [6.45, 7) is 1.42. The van der Waals surface area contributed by atoms with Crippen molar-refractivity contribution in [2.75, 3.05) is 0 Å². The first kappa shape index (κ1) is 14.5. The summed E-state index contributed by atoms with van der Waals surface area (Å²) in [5, 5.41) is 12.1. The highest BCUT2D eigenvalue weighted by Crippen LogP contribution is 2.14. The van der Waals surface area contributed by atoms with Crippen molar-refractivity contribution in [1.82, 2.24) is 5.32 Å². The van der Waals surface area contributed by atoms with Crippen molar-refractivity contribution in [2.24, 2.45) is 0 Å². The van der Waals surface area contributed by atoms with Crippen molar-refractivity contribution in [1.29, 1.82) is 0 Å². The Balaban J connectivity index is 2.65. The van der Waals surface area contributed by atoms with E-state index in [4.69, 9.17) is 16.7 Å². The van der Waals surface area contributed by atoms with Crippen LogP contribution < -0.4 is 5.32 Å². The maximum atomic E-state index is 11.1. The average molecular weight is 270 g/mol. The van der Waals surface area contributed by atoms with Crippen molar-refractivity contribution >= 4 is 23.5 Å². The molecule has 1 amide bonds. The van der Waals surface area contributed by atoms with Gasteiger partial charge in [-0.05, 0) is 30.5 Å². The summed E-state index contributed by atoms with van der Waals surface area (Å²) >= 11 is 5.88. The molecule has 0 aliphatic carbocycles. The Bertz CT molecular complexity index is 434. The maximum Gasteiger partial charge on any atom is 0.303 e. The minimum absolute atomic E-state index is 0.0332. The van der Waals surface area contributed by atoms with Gasteiger partial charge in [-0.2, -0.15) is 0 Å². The monoisotopic (exact) mass is 269 g/mol. The molecule has 0 aliphatic heterocycles. The fourth-order valence-electron chi connectivity index (χ4n) is 1.76. The molecule has 0 heterocycles. The first-order valence-corrected chi connectivity index (χ1v) is 6.08. The Hall–Kier alpha value is -1.55. The summed E-state index contributed by atoms with van der Waals surface area (Å²) in [5.74, 6) is -1.02. The number of benzene rings is 1. The van der Waals surface area contributed by atoms with Crippen LogP contribution in [-0.4, -0.2) is 23.0 Å². The SMILES string of the molecule is CC(=O)NC(CCC(=O)O)Cc1cccc(Cl)c1. The van der Waals surface area contributed by atoms with Gasteiger partial charge in [0.05, 0.1) is 0 Å². The third kappa shape index (κ3) is 5.68. The Kier molecular flexibility index (Phi) is 5.65. The van der Waals surface area contributed by atoms with E-state index in [1.165, 1.54) is 6.92 Å². The maximum absolute atomic E-state index is 11.1. The second-order valence-corrected chi connectivity index (χ2v) is 4.60. The largest absolute Gasteiger partial charge is 0.481 e. The molecule has 1 aromatic carbocycles. The molecule has 0 saturated heterocycles. The van der Waals surface area contributed by atoms with Crippen LogP contribution in [-0.2, 0) is 16.0 Å². The molecule has 4 nitrogen and oxygen atoms in total. The first-order chi connectivity index (χ1) is 8.47. The van der Waals surface area contributed by atoms with E-state index in [0.717, 1.165) is 5.56 Å². The predicted molar refractivity (Wildman–Crippen MR) is 69.6 cm³/mol.